The van der Waals surface area contributed by atoms with Gasteiger partial charge in [0.2, 0.25) is 0 Å². The van der Waals surface area contributed by atoms with E-state index in [1.54, 1.807) is 0 Å². The second-order valence-electron chi connectivity index (χ2n) is 6.73. The topological polar surface area (TPSA) is 54.7 Å². The summed E-state index contributed by atoms with van der Waals surface area (Å²) in [5.41, 5.74) is 2.15. The highest BCUT2D eigenvalue weighted by atomic mass is 16.5. The zero-order chi connectivity index (χ0) is 18.6. The van der Waals surface area contributed by atoms with Gasteiger partial charge in [0.05, 0.1) is 12.6 Å². The Bertz CT molecular complexity index is 920. The maximum Gasteiger partial charge on any atom is 0.317 e. The molecule has 1 aliphatic rings. The molecule has 27 heavy (non-hydrogen) atoms. The maximum atomic E-state index is 11.4. The second-order valence-corrected chi connectivity index (χ2v) is 6.73. The first-order valence-corrected chi connectivity index (χ1v) is 9.14. The smallest absolute Gasteiger partial charge is 0.317 e. The summed E-state index contributed by atoms with van der Waals surface area (Å²) in [5.74, 6) is 0.717. The number of rotatable bonds is 5. The van der Waals surface area contributed by atoms with Crippen LogP contribution >= 0.6 is 0 Å². The number of ether oxygens (including phenoxy) is 1. The molecule has 1 unspecified atom stereocenters. The van der Waals surface area contributed by atoms with Gasteiger partial charge in [0.1, 0.15) is 11.5 Å². The molecule has 0 saturated heterocycles. The lowest BCUT2D eigenvalue weighted by molar-refractivity contribution is -0.138. The molecule has 1 aliphatic heterocycles. The van der Waals surface area contributed by atoms with E-state index in [2.05, 4.69) is 16.8 Å². The predicted molar refractivity (Wildman–Crippen MR) is 103 cm³/mol. The Labute approximate surface area is 158 Å². The highest BCUT2D eigenvalue weighted by Gasteiger charge is 2.28. The lowest BCUT2D eigenvalue weighted by atomic mass is 10.0. The highest BCUT2D eigenvalue weighted by molar-refractivity contribution is 5.69. The minimum absolute atomic E-state index is 0.0135. The molecular formula is C22H22N2O3. The van der Waals surface area contributed by atoms with Crippen molar-refractivity contribution in [3.63, 3.8) is 0 Å². The summed E-state index contributed by atoms with van der Waals surface area (Å²) in [7, 11) is 0. The van der Waals surface area contributed by atoms with Crippen molar-refractivity contribution in [2.75, 3.05) is 13.1 Å². The maximum absolute atomic E-state index is 11.4. The summed E-state index contributed by atoms with van der Waals surface area (Å²) < 4.78 is 8.20. The minimum Gasteiger partial charge on any atom is -0.480 e. The number of aryl methyl sites for hydroxylation is 1. The Balaban J connectivity index is 1.70. The first-order valence-electron chi connectivity index (χ1n) is 9.14. The quantitative estimate of drug-likeness (QED) is 0.740. The SMILES string of the molecule is O=C(O)CN1CCCn2cccc2C1c1cccc(Oc2ccccc2)c1. The van der Waals surface area contributed by atoms with Gasteiger partial charge in [-0.2, -0.15) is 0 Å². The Kier molecular flexibility index (Phi) is 4.94. The molecule has 0 amide bonds. The molecule has 0 spiro atoms. The molecule has 138 valence electrons. The molecule has 0 bridgehead atoms. The van der Waals surface area contributed by atoms with Crippen LogP contribution in [0.15, 0.2) is 72.9 Å². The number of aliphatic carboxylic acids is 1. The van der Waals surface area contributed by atoms with Crippen molar-refractivity contribution in [3.8, 4) is 11.5 Å². The van der Waals surface area contributed by atoms with Crippen LogP contribution in [0.25, 0.3) is 0 Å². The number of carbonyl (C=O) groups is 1. The third kappa shape index (κ3) is 3.88. The lowest BCUT2D eigenvalue weighted by Crippen LogP contribution is -2.34. The van der Waals surface area contributed by atoms with E-state index < -0.39 is 5.97 Å². The van der Waals surface area contributed by atoms with Crippen LogP contribution in [0.2, 0.25) is 0 Å². The van der Waals surface area contributed by atoms with Gasteiger partial charge in [-0.1, -0.05) is 30.3 Å². The van der Waals surface area contributed by atoms with Gasteiger partial charge in [0.25, 0.3) is 0 Å². The second kappa shape index (κ2) is 7.68. The van der Waals surface area contributed by atoms with Crippen molar-refractivity contribution in [2.45, 2.75) is 19.0 Å². The molecule has 1 N–H and O–H groups in total. The van der Waals surface area contributed by atoms with Crippen LogP contribution in [0, 0.1) is 0 Å². The van der Waals surface area contributed by atoms with Crippen molar-refractivity contribution in [2.24, 2.45) is 0 Å². The number of hydrogen-bond acceptors (Lipinski definition) is 3. The molecule has 2 heterocycles. The number of hydrogen-bond donors (Lipinski definition) is 1. The van der Waals surface area contributed by atoms with Crippen LogP contribution in [0.5, 0.6) is 11.5 Å². The number of para-hydroxylation sites is 1. The summed E-state index contributed by atoms with van der Waals surface area (Å²) >= 11 is 0. The zero-order valence-corrected chi connectivity index (χ0v) is 15.0. The van der Waals surface area contributed by atoms with Gasteiger partial charge in [-0.3, -0.25) is 9.69 Å². The monoisotopic (exact) mass is 362 g/mol. The Morgan fingerprint density at radius 3 is 2.63 bits per heavy atom. The molecule has 4 rings (SSSR count). The molecule has 0 aliphatic carbocycles. The van der Waals surface area contributed by atoms with E-state index in [-0.39, 0.29) is 12.6 Å². The number of carboxylic acids is 1. The van der Waals surface area contributed by atoms with Gasteiger partial charge >= 0.3 is 5.97 Å². The molecule has 0 radical (unpaired) electrons. The standard InChI is InChI=1S/C22H22N2O3/c25-21(26)16-24-14-6-13-23-12-5-11-20(23)22(24)17-7-4-10-19(15-17)27-18-8-2-1-3-9-18/h1-5,7-12,15,22H,6,13-14,16H2,(H,25,26). The zero-order valence-electron chi connectivity index (χ0n) is 15.0. The van der Waals surface area contributed by atoms with Gasteiger partial charge in [-0.25, -0.2) is 0 Å². The van der Waals surface area contributed by atoms with Crippen molar-refractivity contribution >= 4 is 5.97 Å². The largest absolute Gasteiger partial charge is 0.480 e. The van der Waals surface area contributed by atoms with Crippen molar-refractivity contribution < 1.29 is 14.6 Å². The number of benzene rings is 2. The molecule has 5 nitrogen and oxygen atoms in total. The lowest BCUT2D eigenvalue weighted by Gasteiger charge is -2.29. The third-order valence-electron chi connectivity index (χ3n) is 4.85. The fraction of sp³-hybridized carbons (Fsp3) is 0.227. The average molecular weight is 362 g/mol. The van der Waals surface area contributed by atoms with E-state index in [4.69, 9.17) is 4.74 Å². The van der Waals surface area contributed by atoms with Crippen LogP contribution in [0.3, 0.4) is 0 Å². The van der Waals surface area contributed by atoms with Crippen LogP contribution < -0.4 is 4.74 Å². The minimum atomic E-state index is -0.809. The van der Waals surface area contributed by atoms with Gasteiger partial charge in [-0.15, -0.1) is 0 Å². The summed E-state index contributed by atoms with van der Waals surface area (Å²) in [4.78, 5) is 13.5. The predicted octanol–water partition coefficient (Wildman–Crippen LogP) is 4.16. The molecule has 2 aromatic carbocycles. The molecule has 1 aromatic heterocycles. The van der Waals surface area contributed by atoms with E-state index in [0.29, 0.717) is 0 Å². The molecule has 0 saturated carbocycles. The van der Waals surface area contributed by atoms with E-state index >= 15 is 0 Å². The summed E-state index contributed by atoms with van der Waals surface area (Å²) in [6, 6.07) is 21.6. The summed E-state index contributed by atoms with van der Waals surface area (Å²) in [6.07, 6.45) is 2.99. The molecule has 1 atom stereocenters. The number of fused-ring (bicyclic) bond motifs is 1. The van der Waals surface area contributed by atoms with Crippen LogP contribution in [0.4, 0.5) is 0 Å². The van der Waals surface area contributed by atoms with Crippen LogP contribution in [0.1, 0.15) is 23.7 Å². The number of nitrogens with zero attached hydrogens (tertiary/aromatic N) is 2. The van der Waals surface area contributed by atoms with E-state index in [1.807, 2.05) is 65.6 Å². The highest BCUT2D eigenvalue weighted by Crippen LogP contribution is 2.34. The Morgan fingerprint density at radius 2 is 1.81 bits per heavy atom. The van der Waals surface area contributed by atoms with Crippen LogP contribution in [-0.4, -0.2) is 33.6 Å². The average Bonchev–Trinajstić information content (AvgIpc) is 3.04. The van der Waals surface area contributed by atoms with Gasteiger partial charge in [0.15, 0.2) is 0 Å². The van der Waals surface area contributed by atoms with Gasteiger partial charge < -0.3 is 14.4 Å². The first-order chi connectivity index (χ1) is 13.2. The van der Waals surface area contributed by atoms with E-state index in [1.165, 1.54) is 0 Å². The number of aromatic nitrogens is 1. The van der Waals surface area contributed by atoms with Crippen molar-refractivity contribution in [3.05, 3.63) is 84.2 Å². The third-order valence-corrected chi connectivity index (χ3v) is 4.85. The van der Waals surface area contributed by atoms with E-state index in [9.17, 15) is 9.90 Å². The molecular weight excluding hydrogens is 340 g/mol. The summed E-state index contributed by atoms with van der Waals surface area (Å²) in [6.45, 7) is 1.65. The first kappa shape index (κ1) is 17.4. The molecule has 3 aromatic rings. The van der Waals surface area contributed by atoms with Gasteiger partial charge in [0, 0.05) is 25.0 Å². The normalized spacial score (nSPS) is 17.1. The molecule has 0 fully saturated rings. The van der Waals surface area contributed by atoms with Crippen molar-refractivity contribution in [1.29, 1.82) is 0 Å². The fourth-order valence-corrected chi connectivity index (χ4v) is 3.74. The Hall–Kier alpha value is -3.05. The summed E-state index contributed by atoms with van der Waals surface area (Å²) in [5, 5.41) is 9.40. The number of carboxylic acid groups (broad SMARTS) is 1. The van der Waals surface area contributed by atoms with Gasteiger partial charge in [-0.05, 0) is 48.4 Å². The van der Waals surface area contributed by atoms with Crippen LogP contribution in [-0.2, 0) is 11.3 Å². The fourth-order valence-electron chi connectivity index (χ4n) is 3.74. The van der Waals surface area contributed by atoms with Crippen molar-refractivity contribution in [1.82, 2.24) is 9.47 Å². The Morgan fingerprint density at radius 1 is 1.00 bits per heavy atom. The molecule has 5 heteroatoms. The van der Waals surface area contributed by atoms with E-state index in [0.717, 1.165) is 42.3 Å².